The first-order chi connectivity index (χ1) is 11.8. The average molecular weight is 341 g/mol. The lowest BCUT2D eigenvalue weighted by Crippen LogP contribution is -2.51. The number of nitrogens with one attached hydrogen (secondary N) is 1. The summed E-state index contributed by atoms with van der Waals surface area (Å²) >= 11 is 0. The average Bonchev–Trinajstić information content (AvgIpc) is 2.56. The summed E-state index contributed by atoms with van der Waals surface area (Å²) in [4.78, 5) is 14.9. The Morgan fingerprint density at radius 1 is 1.32 bits per heavy atom. The predicted octanol–water partition coefficient (Wildman–Crippen LogP) is 5.48. The molecule has 2 unspecified atom stereocenters. The Labute approximate surface area is 152 Å². The fourth-order valence-corrected chi connectivity index (χ4v) is 4.44. The molecule has 3 nitrogen and oxygen atoms in total. The van der Waals surface area contributed by atoms with Gasteiger partial charge in [0.15, 0.2) is 0 Å². The van der Waals surface area contributed by atoms with Gasteiger partial charge in [-0.25, -0.2) is 4.79 Å². The third-order valence-electron chi connectivity index (χ3n) is 6.22. The van der Waals surface area contributed by atoms with E-state index in [2.05, 4.69) is 39.1 Å². The van der Waals surface area contributed by atoms with E-state index >= 15 is 0 Å². The van der Waals surface area contributed by atoms with E-state index in [0.717, 1.165) is 30.3 Å². The minimum absolute atomic E-state index is 0.0168. The highest BCUT2D eigenvalue weighted by Gasteiger charge is 2.51. The minimum Gasteiger partial charge on any atom is -0.320 e. The van der Waals surface area contributed by atoms with Gasteiger partial charge >= 0.3 is 6.03 Å². The summed E-state index contributed by atoms with van der Waals surface area (Å²) in [5.74, 6) is 1.93. The molecule has 2 atom stereocenters. The van der Waals surface area contributed by atoms with Crippen LogP contribution < -0.4 is 5.32 Å². The molecule has 1 N–H and O–H groups in total. The third kappa shape index (κ3) is 3.61. The maximum Gasteiger partial charge on any atom is 0.322 e. The lowest BCUT2D eigenvalue weighted by atomic mass is 9.49. The maximum absolute atomic E-state index is 12.9. The van der Waals surface area contributed by atoms with Crippen LogP contribution in [0.2, 0.25) is 0 Å². The van der Waals surface area contributed by atoms with E-state index in [9.17, 15) is 4.79 Å². The predicted molar refractivity (Wildman–Crippen MR) is 105 cm³/mol. The molecular weight excluding hydrogens is 308 g/mol. The van der Waals surface area contributed by atoms with Gasteiger partial charge in [0.05, 0.1) is 0 Å². The lowest BCUT2D eigenvalue weighted by Gasteiger charge is -2.57. The second-order valence-electron chi connectivity index (χ2n) is 8.84. The summed E-state index contributed by atoms with van der Waals surface area (Å²) in [7, 11) is 0. The maximum atomic E-state index is 12.9. The van der Waals surface area contributed by atoms with Gasteiger partial charge in [0.2, 0.25) is 0 Å². The van der Waals surface area contributed by atoms with Crippen molar-refractivity contribution in [1.82, 2.24) is 4.90 Å². The topological polar surface area (TPSA) is 32.3 Å². The number of hydrogen-bond donors (Lipinski definition) is 1. The van der Waals surface area contributed by atoms with Crippen molar-refractivity contribution in [2.75, 3.05) is 18.4 Å². The summed E-state index contributed by atoms with van der Waals surface area (Å²) in [6.45, 7) is 12.7. The first-order valence-electron chi connectivity index (χ1n) is 9.59. The van der Waals surface area contributed by atoms with Gasteiger partial charge in [-0.2, -0.15) is 0 Å². The smallest absolute Gasteiger partial charge is 0.320 e. The van der Waals surface area contributed by atoms with Gasteiger partial charge in [0.1, 0.15) is 0 Å². The van der Waals surface area contributed by atoms with Gasteiger partial charge in [0, 0.05) is 18.8 Å². The highest BCUT2D eigenvalue weighted by Crippen LogP contribution is 2.59. The quantitative estimate of drug-likeness (QED) is 0.708. The van der Waals surface area contributed by atoms with Crippen molar-refractivity contribution < 1.29 is 4.79 Å². The molecule has 0 spiro atoms. The van der Waals surface area contributed by atoms with Crippen LogP contribution in [0.3, 0.4) is 0 Å². The molecule has 0 aliphatic heterocycles. The molecule has 1 fully saturated rings. The van der Waals surface area contributed by atoms with Gasteiger partial charge in [0.25, 0.3) is 0 Å². The van der Waals surface area contributed by atoms with Crippen LogP contribution in [-0.4, -0.2) is 24.0 Å². The summed E-state index contributed by atoms with van der Waals surface area (Å²) in [6.07, 6.45) is 4.87. The molecule has 1 saturated carbocycles. The Morgan fingerprint density at radius 3 is 2.64 bits per heavy atom. The number of allylic oxidation sites excluding steroid dienone is 1. The molecule has 136 valence electrons. The Bertz CT molecular complexity index is 674. The van der Waals surface area contributed by atoms with E-state index in [1.807, 2.05) is 36.1 Å². The van der Waals surface area contributed by atoms with Crippen LogP contribution in [0.4, 0.5) is 10.5 Å². The van der Waals surface area contributed by atoms with Crippen LogP contribution in [0.15, 0.2) is 35.9 Å². The first kappa shape index (κ1) is 18.0. The number of anilines is 1. The minimum atomic E-state index is 0.0168. The Morgan fingerprint density at radius 2 is 2.04 bits per heavy atom. The Balaban J connectivity index is 1.73. The van der Waals surface area contributed by atoms with Crippen molar-refractivity contribution in [1.29, 1.82) is 0 Å². The zero-order valence-electron chi connectivity index (χ0n) is 16.3. The largest absolute Gasteiger partial charge is 0.322 e. The van der Waals surface area contributed by atoms with Gasteiger partial charge in [-0.05, 0) is 54.6 Å². The highest BCUT2D eigenvalue weighted by atomic mass is 16.2. The number of carbonyl (C=O) groups excluding carboxylic acids is 1. The highest BCUT2D eigenvalue weighted by molar-refractivity contribution is 5.90. The van der Waals surface area contributed by atoms with E-state index in [-0.39, 0.29) is 6.03 Å². The van der Waals surface area contributed by atoms with Crippen molar-refractivity contribution >= 4 is 11.7 Å². The van der Waals surface area contributed by atoms with Crippen LogP contribution in [0.1, 0.15) is 46.1 Å². The summed E-state index contributed by atoms with van der Waals surface area (Å²) in [6, 6.07) is 7.99. The molecule has 3 aliphatic rings. The van der Waals surface area contributed by atoms with E-state index in [1.54, 1.807) is 0 Å². The van der Waals surface area contributed by atoms with Gasteiger partial charge in [-0.15, -0.1) is 0 Å². The molecule has 0 saturated heterocycles. The van der Waals surface area contributed by atoms with E-state index in [1.165, 1.54) is 18.4 Å². The number of fused-ring (bicyclic) bond motifs is 1. The molecule has 3 heteroatoms. The first-order valence-corrected chi connectivity index (χ1v) is 9.59. The van der Waals surface area contributed by atoms with Crippen LogP contribution in [0, 0.1) is 30.1 Å². The SMILES string of the molecule is Cc1ccccc1NC(=O)N(CC1=CCC2CC1C2(C)C)CC(C)C. The second-order valence-corrected chi connectivity index (χ2v) is 8.84. The fraction of sp³-hybridized carbons (Fsp3) is 0.591. The third-order valence-corrected chi connectivity index (χ3v) is 6.22. The number of amides is 2. The van der Waals surface area contributed by atoms with Gasteiger partial charge in [-0.1, -0.05) is 57.5 Å². The van der Waals surface area contributed by atoms with E-state index in [4.69, 9.17) is 0 Å². The van der Waals surface area contributed by atoms with Crippen molar-refractivity contribution in [2.24, 2.45) is 23.2 Å². The number of urea groups is 1. The van der Waals surface area contributed by atoms with Gasteiger partial charge < -0.3 is 10.2 Å². The van der Waals surface area contributed by atoms with Crippen LogP contribution in [-0.2, 0) is 0 Å². The number of aryl methyl sites for hydroxylation is 1. The summed E-state index contributed by atoms with van der Waals surface area (Å²) in [5.41, 5.74) is 3.87. The molecule has 25 heavy (non-hydrogen) atoms. The van der Waals surface area contributed by atoms with Crippen molar-refractivity contribution in [3.8, 4) is 0 Å². The molecule has 2 bridgehead atoms. The second kappa shape index (κ2) is 6.86. The van der Waals surface area contributed by atoms with E-state index < -0.39 is 0 Å². The molecule has 1 aromatic carbocycles. The Hall–Kier alpha value is -1.77. The molecule has 0 radical (unpaired) electrons. The molecule has 1 aromatic rings. The molecule has 3 aliphatic carbocycles. The number of hydrogen-bond acceptors (Lipinski definition) is 1. The summed E-state index contributed by atoms with van der Waals surface area (Å²) < 4.78 is 0. The normalized spacial score (nSPS) is 23.7. The van der Waals surface area contributed by atoms with E-state index in [0.29, 0.717) is 17.3 Å². The monoisotopic (exact) mass is 340 g/mol. The number of para-hydroxylation sites is 1. The number of carbonyl (C=O) groups is 1. The van der Waals surface area contributed by atoms with Crippen LogP contribution in [0.5, 0.6) is 0 Å². The molecule has 2 amide bonds. The molecular formula is C22H32N2O. The standard InChI is InChI=1S/C22H32N2O/c1-15(2)13-24(21(25)23-20-9-7-6-8-16(20)3)14-17-10-11-18-12-19(17)22(18,4)5/h6-10,15,18-19H,11-14H2,1-5H3,(H,23,25). The Kier molecular flexibility index (Phi) is 4.95. The van der Waals surface area contributed by atoms with Crippen molar-refractivity contribution in [2.45, 2.75) is 47.5 Å². The fourth-order valence-electron chi connectivity index (χ4n) is 4.44. The molecule has 0 aromatic heterocycles. The lowest BCUT2D eigenvalue weighted by molar-refractivity contribution is -0.00968. The van der Waals surface area contributed by atoms with Crippen LogP contribution >= 0.6 is 0 Å². The zero-order chi connectivity index (χ0) is 18.2. The number of benzene rings is 1. The molecule has 0 heterocycles. The van der Waals surface area contributed by atoms with Crippen LogP contribution in [0.25, 0.3) is 0 Å². The molecule has 4 rings (SSSR count). The van der Waals surface area contributed by atoms with Gasteiger partial charge in [-0.3, -0.25) is 0 Å². The number of nitrogens with zero attached hydrogens (tertiary/aromatic N) is 1. The van der Waals surface area contributed by atoms with Crippen molar-refractivity contribution in [3.05, 3.63) is 41.5 Å². The van der Waals surface area contributed by atoms with Crippen molar-refractivity contribution in [3.63, 3.8) is 0 Å². The summed E-state index contributed by atoms with van der Waals surface area (Å²) in [5, 5.41) is 3.11. The zero-order valence-corrected chi connectivity index (χ0v) is 16.3. The number of rotatable bonds is 5.